The van der Waals surface area contributed by atoms with Crippen molar-refractivity contribution in [2.45, 2.75) is 17.9 Å². The maximum absolute atomic E-state index is 12.5. The van der Waals surface area contributed by atoms with Gasteiger partial charge in [-0.15, -0.1) is 0 Å². The van der Waals surface area contributed by atoms with Gasteiger partial charge in [-0.25, -0.2) is 13.1 Å². The van der Waals surface area contributed by atoms with Gasteiger partial charge in [-0.1, -0.05) is 42.5 Å². The van der Waals surface area contributed by atoms with Crippen LogP contribution in [0.3, 0.4) is 0 Å². The first-order chi connectivity index (χ1) is 11.3. The summed E-state index contributed by atoms with van der Waals surface area (Å²) in [5.41, 5.74) is 1.57. The minimum atomic E-state index is -3.61. The predicted molar refractivity (Wildman–Crippen MR) is 93.6 cm³/mol. The van der Waals surface area contributed by atoms with Gasteiger partial charge < -0.3 is 4.90 Å². The van der Waals surface area contributed by atoms with Crippen molar-refractivity contribution in [2.75, 3.05) is 20.6 Å². The molecule has 0 aliphatic rings. The zero-order valence-electron chi connectivity index (χ0n) is 14.1. The molecular weight excluding hydrogens is 324 g/mol. The number of rotatable bonds is 7. The second kappa shape index (κ2) is 7.70. The number of likely N-dealkylation sites (N-methyl/N-ethyl adjacent to an activating group) is 1. The van der Waals surface area contributed by atoms with E-state index in [0.29, 0.717) is 12.1 Å². The van der Waals surface area contributed by atoms with Crippen LogP contribution in [0.2, 0.25) is 0 Å². The van der Waals surface area contributed by atoms with Crippen LogP contribution in [0.5, 0.6) is 0 Å². The van der Waals surface area contributed by atoms with Gasteiger partial charge in [0.2, 0.25) is 10.0 Å². The molecule has 6 heteroatoms. The van der Waals surface area contributed by atoms with Gasteiger partial charge in [0.05, 0.1) is 25.5 Å². The van der Waals surface area contributed by atoms with Crippen molar-refractivity contribution in [3.05, 3.63) is 65.7 Å². The molecule has 24 heavy (non-hydrogen) atoms. The Hall–Kier alpha value is -2.02. The van der Waals surface area contributed by atoms with E-state index in [1.807, 2.05) is 44.4 Å². The smallest absolute Gasteiger partial charge is 0.240 e. The number of Topliss-reactive ketones (excluding diaryl/α,β-unsaturated/α-hetero) is 1. The quantitative estimate of drug-likeness (QED) is 0.736. The number of carbonyl (C=O) groups excluding carboxylic acids is 1. The average molecular weight is 347 g/mol. The van der Waals surface area contributed by atoms with E-state index < -0.39 is 10.0 Å². The molecule has 0 radical (unpaired) electrons. The van der Waals surface area contributed by atoms with Crippen molar-refractivity contribution >= 4 is 15.8 Å². The van der Waals surface area contributed by atoms with Gasteiger partial charge in [-0.3, -0.25) is 4.79 Å². The normalized spacial score (nSPS) is 13.0. The van der Waals surface area contributed by atoms with Crippen LogP contribution in [0.15, 0.2) is 59.5 Å². The lowest BCUT2D eigenvalue weighted by Gasteiger charge is -2.22. The Morgan fingerprint density at radius 1 is 1.04 bits per heavy atom. The number of nitrogens with one attached hydrogen (secondary N) is 2. The summed E-state index contributed by atoms with van der Waals surface area (Å²) in [5, 5.41) is 0. The second-order valence-electron chi connectivity index (χ2n) is 5.97. The lowest BCUT2D eigenvalue weighted by atomic mass is 10.1. The Balaban J connectivity index is 2.14. The highest BCUT2D eigenvalue weighted by Crippen LogP contribution is 2.13. The van der Waals surface area contributed by atoms with Crippen molar-refractivity contribution in [1.29, 1.82) is 0 Å². The highest BCUT2D eigenvalue weighted by atomic mass is 32.2. The number of sulfonamides is 1. The summed E-state index contributed by atoms with van der Waals surface area (Å²) in [6.07, 6.45) is 0. The highest BCUT2D eigenvalue weighted by molar-refractivity contribution is 7.89. The van der Waals surface area contributed by atoms with Crippen LogP contribution in [0.4, 0.5) is 0 Å². The number of carbonyl (C=O) groups is 1. The average Bonchev–Trinajstić information content (AvgIpc) is 2.55. The van der Waals surface area contributed by atoms with Gasteiger partial charge in [-0.05, 0) is 19.1 Å². The summed E-state index contributed by atoms with van der Waals surface area (Å²) in [6, 6.07) is 15.8. The summed E-state index contributed by atoms with van der Waals surface area (Å²) in [5.74, 6) is -0.0905. The third-order valence-electron chi connectivity index (χ3n) is 3.95. The molecule has 2 aromatic carbocycles. The van der Waals surface area contributed by atoms with Crippen molar-refractivity contribution in [1.82, 2.24) is 4.72 Å². The lowest BCUT2D eigenvalue weighted by Crippen LogP contribution is -3.07. The largest absolute Gasteiger partial charge is 0.333 e. The van der Waals surface area contributed by atoms with Crippen LogP contribution in [0.25, 0.3) is 0 Å². The standard InChI is InChI=1S/C18H22N2O3S/c1-14(21)15-9-11-17(12-10-15)24(22,23)19-13-18(20(2)3)16-7-5-4-6-8-16/h4-12,18-19H,13H2,1-3H3/p+1/t18-/m0/s1. The third-order valence-corrected chi connectivity index (χ3v) is 5.39. The fourth-order valence-corrected chi connectivity index (χ4v) is 3.53. The number of hydrogen-bond acceptors (Lipinski definition) is 3. The molecule has 2 rings (SSSR count). The van der Waals surface area contributed by atoms with E-state index >= 15 is 0 Å². The van der Waals surface area contributed by atoms with E-state index in [9.17, 15) is 13.2 Å². The van der Waals surface area contributed by atoms with Gasteiger partial charge in [0, 0.05) is 11.1 Å². The highest BCUT2D eigenvalue weighted by Gasteiger charge is 2.22. The number of quaternary nitrogens is 1. The molecule has 5 nitrogen and oxygen atoms in total. The zero-order chi connectivity index (χ0) is 17.7. The molecular formula is C18H23N2O3S+. The molecule has 0 spiro atoms. The molecule has 0 unspecified atom stereocenters. The van der Waals surface area contributed by atoms with Crippen molar-refractivity contribution < 1.29 is 18.1 Å². The van der Waals surface area contributed by atoms with Crippen molar-refractivity contribution in [3.8, 4) is 0 Å². The SMILES string of the molecule is CC(=O)c1ccc(S(=O)(=O)NC[C@@H](c2ccccc2)[NH+](C)C)cc1. The summed E-state index contributed by atoms with van der Waals surface area (Å²) in [6.45, 7) is 1.75. The fraction of sp³-hybridized carbons (Fsp3) is 0.278. The number of ketones is 1. The monoisotopic (exact) mass is 347 g/mol. The number of hydrogen-bond donors (Lipinski definition) is 2. The molecule has 0 aliphatic heterocycles. The Bertz CT molecular complexity index is 785. The molecule has 0 bridgehead atoms. The van der Waals surface area contributed by atoms with Crippen LogP contribution >= 0.6 is 0 Å². The molecule has 1 atom stereocenters. The first kappa shape index (κ1) is 18.3. The lowest BCUT2D eigenvalue weighted by molar-refractivity contribution is -0.890. The third kappa shape index (κ3) is 4.50. The van der Waals surface area contributed by atoms with E-state index in [4.69, 9.17) is 0 Å². The second-order valence-corrected chi connectivity index (χ2v) is 7.74. The molecule has 2 N–H and O–H groups in total. The molecule has 0 fully saturated rings. The summed E-state index contributed by atoms with van der Waals surface area (Å²) >= 11 is 0. The van der Waals surface area contributed by atoms with E-state index in [0.717, 1.165) is 10.5 Å². The number of benzene rings is 2. The van der Waals surface area contributed by atoms with Crippen LogP contribution in [-0.2, 0) is 10.0 Å². The molecule has 0 amide bonds. The Kier molecular flexibility index (Phi) is 5.88. The van der Waals surface area contributed by atoms with Gasteiger partial charge >= 0.3 is 0 Å². The Labute approximate surface area is 143 Å². The summed E-state index contributed by atoms with van der Waals surface area (Å²) in [4.78, 5) is 12.6. The fourth-order valence-electron chi connectivity index (χ4n) is 2.49. The van der Waals surface area contributed by atoms with Gasteiger partial charge in [0.15, 0.2) is 5.78 Å². The molecule has 0 heterocycles. The van der Waals surface area contributed by atoms with Crippen LogP contribution in [-0.4, -0.2) is 34.8 Å². The minimum absolute atomic E-state index is 0.0115. The van der Waals surface area contributed by atoms with E-state index in [2.05, 4.69) is 4.72 Å². The molecule has 0 saturated heterocycles. The van der Waals surface area contributed by atoms with E-state index in [1.165, 1.54) is 31.2 Å². The zero-order valence-corrected chi connectivity index (χ0v) is 14.9. The van der Waals surface area contributed by atoms with Crippen molar-refractivity contribution in [3.63, 3.8) is 0 Å². The summed E-state index contributed by atoms with van der Waals surface area (Å²) in [7, 11) is 0.373. The minimum Gasteiger partial charge on any atom is -0.333 e. The van der Waals surface area contributed by atoms with Crippen molar-refractivity contribution in [2.24, 2.45) is 0 Å². The Morgan fingerprint density at radius 2 is 1.62 bits per heavy atom. The molecule has 0 aromatic heterocycles. The van der Waals surface area contributed by atoms with Crippen LogP contribution < -0.4 is 9.62 Å². The topological polar surface area (TPSA) is 67.7 Å². The van der Waals surface area contributed by atoms with Crippen LogP contribution in [0, 0.1) is 0 Å². The maximum Gasteiger partial charge on any atom is 0.240 e. The summed E-state index contributed by atoms with van der Waals surface area (Å²) < 4.78 is 27.6. The van der Waals surface area contributed by atoms with Gasteiger partial charge in [0.1, 0.15) is 6.04 Å². The van der Waals surface area contributed by atoms with Crippen LogP contribution in [0.1, 0.15) is 28.9 Å². The molecule has 2 aromatic rings. The predicted octanol–water partition coefficient (Wildman–Crippen LogP) is 1.05. The first-order valence-electron chi connectivity index (χ1n) is 7.77. The maximum atomic E-state index is 12.5. The molecule has 128 valence electrons. The van der Waals surface area contributed by atoms with Gasteiger partial charge in [-0.2, -0.15) is 0 Å². The first-order valence-corrected chi connectivity index (χ1v) is 9.25. The Morgan fingerprint density at radius 3 is 2.12 bits per heavy atom. The van der Waals surface area contributed by atoms with Gasteiger partial charge in [0.25, 0.3) is 0 Å². The molecule has 0 aliphatic carbocycles. The van der Waals surface area contributed by atoms with E-state index in [-0.39, 0.29) is 16.7 Å². The molecule has 0 saturated carbocycles. The van der Waals surface area contributed by atoms with E-state index in [1.54, 1.807) is 0 Å².